The fourth-order valence-electron chi connectivity index (χ4n) is 2.64. The highest BCUT2D eigenvalue weighted by Gasteiger charge is 2.15. The summed E-state index contributed by atoms with van der Waals surface area (Å²) in [6.07, 6.45) is 1.43. The number of carbonyl (C=O) groups is 2. The van der Waals surface area contributed by atoms with E-state index in [-0.39, 0.29) is 17.6 Å². The summed E-state index contributed by atoms with van der Waals surface area (Å²) >= 11 is 2.86. The van der Waals surface area contributed by atoms with Crippen molar-refractivity contribution in [3.63, 3.8) is 0 Å². The number of aromatic nitrogens is 2. The molecule has 2 N–H and O–H groups in total. The molecular formula is C21H16N4O3S2. The number of rotatable bonds is 6. The molecule has 7 nitrogen and oxygen atoms in total. The Bertz CT molecular complexity index is 1170. The molecule has 0 saturated carbocycles. The molecule has 0 fully saturated rings. The Morgan fingerprint density at radius 1 is 1.00 bits per heavy atom. The highest BCUT2D eigenvalue weighted by atomic mass is 32.2. The molecule has 0 aliphatic carbocycles. The number of nitrogens with one attached hydrogen (secondary N) is 2. The number of hydrogen-bond donors (Lipinski definition) is 2. The largest absolute Gasteiger partial charge is 0.459 e. The number of furan rings is 1. The van der Waals surface area contributed by atoms with Crippen LogP contribution in [0.3, 0.4) is 0 Å². The first kappa shape index (κ1) is 19.9. The van der Waals surface area contributed by atoms with Gasteiger partial charge in [-0.2, -0.15) is 0 Å². The summed E-state index contributed by atoms with van der Waals surface area (Å²) in [6, 6.07) is 15.9. The summed E-state index contributed by atoms with van der Waals surface area (Å²) in [6.45, 7) is 1.85. The molecule has 0 aliphatic rings. The van der Waals surface area contributed by atoms with E-state index in [1.807, 2.05) is 31.2 Å². The van der Waals surface area contributed by atoms with Crippen molar-refractivity contribution in [2.75, 3.05) is 10.6 Å². The lowest BCUT2D eigenvalue weighted by Gasteiger charge is -2.12. The van der Waals surface area contributed by atoms with E-state index in [2.05, 4.69) is 20.8 Å². The standard InChI is InChI=1S/C21H16N4O3S2/c1-13-8-9-14(11-16(13)24-20(27)17-6-4-10-28-17)19(26)23-15-5-2-3-7-18(15)30-21-25-22-12-29-21/h2-12H,1H3,(H,23,26)(H,24,27). The lowest BCUT2D eigenvalue weighted by molar-refractivity contribution is 0.0993. The van der Waals surface area contributed by atoms with Crippen LogP contribution in [0.2, 0.25) is 0 Å². The van der Waals surface area contributed by atoms with Crippen LogP contribution < -0.4 is 10.6 Å². The van der Waals surface area contributed by atoms with Gasteiger partial charge in [-0.25, -0.2) is 0 Å². The van der Waals surface area contributed by atoms with Crippen molar-refractivity contribution in [2.24, 2.45) is 0 Å². The number of amides is 2. The molecule has 2 aromatic carbocycles. The van der Waals surface area contributed by atoms with Crippen molar-refractivity contribution in [1.29, 1.82) is 0 Å². The second-order valence-electron chi connectivity index (χ2n) is 6.22. The SMILES string of the molecule is Cc1ccc(C(=O)Nc2ccccc2Sc2nncs2)cc1NC(=O)c1ccco1. The zero-order chi connectivity index (χ0) is 20.9. The Labute approximate surface area is 180 Å². The molecule has 0 aliphatic heterocycles. The normalized spacial score (nSPS) is 10.6. The van der Waals surface area contributed by atoms with Crippen LogP contribution >= 0.6 is 23.1 Å². The van der Waals surface area contributed by atoms with Gasteiger partial charge in [-0.05, 0) is 48.9 Å². The molecule has 2 heterocycles. The van der Waals surface area contributed by atoms with Crippen LogP contribution in [0.4, 0.5) is 11.4 Å². The summed E-state index contributed by atoms with van der Waals surface area (Å²) < 4.78 is 5.90. The van der Waals surface area contributed by atoms with Gasteiger partial charge in [0, 0.05) is 16.1 Å². The maximum Gasteiger partial charge on any atom is 0.291 e. The third-order valence-corrected chi connectivity index (χ3v) is 6.02. The Kier molecular flexibility index (Phi) is 5.92. The van der Waals surface area contributed by atoms with Crippen LogP contribution in [0.5, 0.6) is 0 Å². The average Bonchev–Trinajstić information content (AvgIpc) is 3.45. The summed E-state index contributed by atoms with van der Waals surface area (Å²) in [5.74, 6) is -0.458. The molecule has 0 bridgehead atoms. The van der Waals surface area contributed by atoms with Gasteiger partial charge in [0.2, 0.25) is 0 Å². The molecule has 2 aromatic heterocycles. The summed E-state index contributed by atoms with van der Waals surface area (Å²) in [7, 11) is 0. The number of hydrogen-bond acceptors (Lipinski definition) is 7. The first-order valence-corrected chi connectivity index (χ1v) is 10.6. The van der Waals surface area contributed by atoms with Gasteiger partial charge in [-0.3, -0.25) is 9.59 Å². The molecule has 150 valence electrons. The van der Waals surface area contributed by atoms with Gasteiger partial charge in [0.15, 0.2) is 10.1 Å². The minimum Gasteiger partial charge on any atom is -0.459 e. The number of nitrogens with zero attached hydrogens (tertiary/aromatic N) is 2. The average molecular weight is 437 g/mol. The van der Waals surface area contributed by atoms with E-state index in [9.17, 15) is 9.59 Å². The summed E-state index contributed by atoms with van der Waals surface area (Å²) in [5, 5.41) is 13.6. The zero-order valence-corrected chi connectivity index (χ0v) is 17.4. The molecular weight excluding hydrogens is 420 g/mol. The number of carbonyl (C=O) groups excluding carboxylic acids is 2. The molecule has 0 saturated heterocycles. The van der Waals surface area contributed by atoms with E-state index in [0.717, 1.165) is 14.8 Å². The lowest BCUT2D eigenvalue weighted by atomic mass is 10.1. The topological polar surface area (TPSA) is 97.1 Å². The third kappa shape index (κ3) is 4.58. The van der Waals surface area contributed by atoms with Crippen molar-refractivity contribution >= 4 is 46.3 Å². The molecule has 4 rings (SSSR count). The van der Waals surface area contributed by atoms with Gasteiger partial charge in [0.25, 0.3) is 11.8 Å². The molecule has 2 amide bonds. The second kappa shape index (κ2) is 8.93. The smallest absolute Gasteiger partial charge is 0.291 e. The zero-order valence-electron chi connectivity index (χ0n) is 15.8. The van der Waals surface area contributed by atoms with Crippen molar-refractivity contribution in [3.8, 4) is 0 Å². The van der Waals surface area contributed by atoms with E-state index in [1.54, 1.807) is 35.8 Å². The molecule has 0 unspecified atom stereocenters. The lowest BCUT2D eigenvalue weighted by Crippen LogP contribution is -2.15. The predicted molar refractivity (Wildman–Crippen MR) is 116 cm³/mol. The molecule has 30 heavy (non-hydrogen) atoms. The van der Waals surface area contributed by atoms with E-state index < -0.39 is 0 Å². The van der Waals surface area contributed by atoms with Gasteiger partial charge in [0.1, 0.15) is 5.51 Å². The van der Waals surface area contributed by atoms with Crippen LogP contribution in [0, 0.1) is 6.92 Å². The minimum atomic E-state index is -0.375. The molecule has 0 radical (unpaired) electrons. The highest BCUT2D eigenvalue weighted by Crippen LogP contribution is 2.34. The fourth-order valence-corrected chi connectivity index (χ4v) is 4.17. The minimum absolute atomic E-state index is 0.201. The monoisotopic (exact) mass is 436 g/mol. The molecule has 0 atom stereocenters. The maximum atomic E-state index is 12.9. The Morgan fingerprint density at radius 3 is 2.60 bits per heavy atom. The van der Waals surface area contributed by atoms with Crippen molar-refractivity contribution in [3.05, 3.63) is 83.3 Å². The van der Waals surface area contributed by atoms with Gasteiger partial charge in [0.05, 0.1) is 12.0 Å². The van der Waals surface area contributed by atoms with Crippen molar-refractivity contribution < 1.29 is 14.0 Å². The van der Waals surface area contributed by atoms with E-state index in [0.29, 0.717) is 16.9 Å². The predicted octanol–water partition coefficient (Wildman–Crippen LogP) is 5.10. The maximum absolute atomic E-state index is 12.9. The highest BCUT2D eigenvalue weighted by molar-refractivity contribution is 8.01. The fraction of sp³-hybridized carbons (Fsp3) is 0.0476. The summed E-state index contributed by atoms with van der Waals surface area (Å²) in [5.41, 5.74) is 4.13. The van der Waals surface area contributed by atoms with Crippen LogP contribution in [0.25, 0.3) is 0 Å². The van der Waals surface area contributed by atoms with Crippen LogP contribution in [-0.2, 0) is 0 Å². The Balaban J connectivity index is 1.52. The molecule has 9 heteroatoms. The first-order valence-electron chi connectivity index (χ1n) is 8.90. The first-order chi connectivity index (χ1) is 14.6. The second-order valence-corrected chi connectivity index (χ2v) is 8.34. The number of para-hydroxylation sites is 1. The van der Waals surface area contributed by atoms with Crippen molar-refractivity contribution in [2.45, 2.75) is 16.2 Å². The van der Waals surface area contributed by atoms with E-state index in [4.69, 9.17) is 4.42 Å². The number of aryl methyl sites for hydroxylation is 1. The molecule has 0 spiro atoms. The van der Waals surface area contributed by atoms with E-state index in [1.165, 1.54) is 29.4 Å². The number of anilines is 2. The van der Waals surface area contributed by atoms with Crippen molar-refractivity contribution in [1.82, 2.24) is 10.2 Å². The third-order valence-electron chi connectivity index (χ3n) is 4.17. The van der Waals surface area contributed by atoms with Crippen LogP contribution in [0.1, 0.15) is 26.5 Å². The van der Waals surface area contributed by atoms with Crippen LogP contribution in [-0.4, -0.2) is 22.0 Å². The van der Waals surface area contributed by atoms with Crippen LogP contribution in [0.15, 0.2) is 80.0 Å². The van der Waals surface area contributed by atoms with E-state index >= 15 is 0 Å². The molecule has 4 aromatic rings. The van der Waals surface area contributed by atoms with Gasteiger partial charge >= 0.3 is 0 Å². The number of benzene rings is 2. The quantitative estimate of drug-likeness (QED) is 0.437. The Morgan fingerprint density at radius 2 is 1.83 bits per heavy atom. The van der Waals surface area contributed by atoms with Gasteiger partial charge in [-0.15, -0.1) is 10.2 Å². The Hall–Kier alpha value is -3.43. The summed E-state index contributed by atoms with van der Waals surface area (Å²) in [4.78, 5) is 26.0. The van der Waals surface area contributed by atoms with Gasteiger partial charge < -0.3 is 15.1 Å². The van der Waals surface area contributed by atoms with Gasteiger partial charge in [-0.1, -0.05) is 41.3 Å².